The lowest BCUT2D eigenvalue weighted by molar-refractivity contribution is -0.121. The van der Waals surface area contributed by atoms with Crippen molar-refractivity contribution < 1.29 is 14.3 Å². The highest BCUT2D eigenvalue weighted by molar-refractivity contribution is 8.16. The molecule has 0 aliphatic carbocycles. The van der Waals surface area contributed by atoms with Crippen LogP contribution < -0.4 is 15.4 Å². The highest BCUT2D eigenvalue weighted by atomic mass is 32.2. The van der Waals surface area contributed by atoms with E-state index in [4.69, 9.17) is 9.73 Å². The highest BCUT2D eigenvalue weighted by Crippen LogP contribution is 2.45. The Labute approximate surface area is 251 Å². The number of carbonyl (C=O) groups is 2. The molecule has 2 amide bonds. The summed E-state index contributed by atoms with van der Waals surface area (Å²) in [5.41, 5.74) is 5.86. The molecule has 0 fully saturated rings. The molecular weight excluding hydrogens is 544 g/mol. The van der Waals surface area contributed by atoms with Crippen LogP contribution in [0.1, 0.15) is 68.8 Å². The van der Waals surface area contributed by atoms with E-state index in [9.17, 15) is 9.59 Å². The molecule has 2 atom stereocenters. The number of nitrogens with zero attached hydrogens (tertiary/aromatic N) is 2. The Hall–Kier alpha value is -4.30. The second-order valence-corrected chi connectivity index (χ2v) is 11.6. The summed E-state index contributed by atoms with van der Waals surface area (Å²) in [6.45, 7) is 8.16. The fourth-order valence-corrected chi connectivity index (χ4v) is 6.16. The first kappa shape index (κ1) is 29.2. The summed E-state index contributed by atoms with van der Waals surface area (Å²) in [5.74, 6) is 0.758. The standard InChI is InChI=1S/C34H36N4O3S/c1-21(2)24-11-13-26(14-12-24)32-31(33(40)37-27-15-17-29(41-5)18-16-27)23(4)36-34-38(32)28(20-42-34)19-30(39)35-22(3)25-9-7-6-8-10-25/h6-18,20-22,32H,19H2,1-5H3,(H,35,39)(H,37,40)/t22-,32-/m1/s1. The summed E-state index contributed by atoms with van der Waals surface area (Å²) in [6.07, 6.45) is 0.163. The number of carbonyl (C=O) groups excluding carboxylic acids is 2. The van der Waals surface area contributed by atoms with E-state index >= 15 is 0 Å². The van der Waals surface area contributed by atoms with Gasteiger partial charge in [0, 0.05) is 11.4 Å². The van der Waals surface area contributed by atoms with Crippen LogP contribution in [0.4, 0.5) is 5.69 Å². The Morgan fingerprint density at radius 1 is 0.952 bits per heavy atom. The summed E-state index contributed by atoms with van der Waals surface area (Å²) in [5, 5.41) is 8.90. The molecule has 7 nitrogen and oxygen atoms in total. The number of ether oxygens (including phenoxy) is 1. The van der Waals surface area contributed by atoms with Crippen LogP contribution in [0.2, 0.25) is 0 Å². The molecule has 216 valence electrons. The molecule has 2 aliphatic rings. The third-order valence-electron chi connectivity index (χ3n) is 7.53. The monoisotopic (exact) mass is 580 g/mol. The molecule has 0 saturated heterocycles. The van der Waals surface area contributed by atoms with Gasteiger partial charge in [-0.1, -0.05) is 80.2 Å². The lowest BCUT2D eigenvalue weighted by atomic mass is 9.91. The highest BCUT2D eigenvalue weighted by Gasteiger charge is 2.40. The molecule has 42 heavy (non-hydrogen) atoms. The number of allylic oxidation sites excluding steroid dienone is 1. The maximum Gasteiger partial charge on any atom is 0.255 e. The van der Waals surface area contributed by atoms with Crippen LogP contribution in [0, 0.1) is 0 Å². The number of rotatable bonds is 9. The Morgan fingerprint density at radius 2 is 1.64 bits per heavy atom. The SMILES string of the molecule is COc1ccc(NC(=O)C2=C(C)N=C3SC=C(CC(=O)N[C@H](C)c4ccccc4)N3[C@@H]2c2ccc(C(C)C)cc2)cc1. The summed E-state index contributed by atoms with van der Waals surface area (Å²) in [7, 11) is 1.61. The molecule has 2 aliphatic heterocycles. The first-order chi connectivity index (χ1) is 20.2. The van der Waals surface area contributed by atoms with Gasteiger partial charge in [0.25, 0.3) is 5.91 Å². The quantitative estimate of drug-likeness (QED) is 0.278. The van der Waals surface area contributed by atoms with Crippen LogP contribution in [0.5, 0.6) is 5.75 Å². The molecule has 2 heterocycles. The van der Waals surface area contributed by atoms with Gasteiger partial charge in [-0.2, -0.15) is 0 Å². The van der Waals surface area contributed by atoms with Gasteiger partial charge in [0.1, 0.15) is 5.75 Å². The van der Waals surface area contributed by atoms with Gasteiger partial charge in [0.15, 0.2) is 5.17 Å². The number of amides is 2. The number of thioether (sulfide) groups is 1. The van der Waals surface area contributed by atoms with Crippen molar-refractivity contribution in [1.82, 2.24) is 10.2 Å². The van der Waals surface area contributed by atoms with E-state index in [2.05, 4.69) is 48.7 Å². The average Bonchev–Trinajstić information content (AvgIpc) is 3.38. The van der Waals surface area contributed by atoms with Crippen LogP contribution in [-0.2, 0) is 9.59 Å². The number of hydrogen-bond acceptors (Lipinski definition) is 6. The van der Waals surface area contributed by atoms with Crippen molar-refractivity contribution in [3.8, 4) is 5.75 Å². The zero-order valence-corrected chi connectivity index (χ0v) is 25.4. The van der Waals surface area contributed by atoms with E-state index in [0.29, 0.717) is 28.6 Å². The lowest BCUT2D eigenvalue weighted by Gasteiger charge is -2.37. The lowest BCUT2D eigenvalue weighted by Crippen LogP contribution is -2.39. The predicted molar refractivity (Wildman–Crippen MR) is 170 cm³/mol. The Morgan fingerprint density at radius 3 is 2.29 bits per heavy atom. The molecular formula is C34H36N4O3S. The van der Waals surface area contributed by atoms with Gasteiger partial charge in [0.2, 0.25) is 5.91 Å². The van der Waals surface area contributed by atoms with E-state index in [1.165, 1.54) is 17.3 Å². The Balaban J connectivity index is 1.45. The molecule has 0 spiro atoms. The first-order valence-electron chi connectivity index (χ1n) is 14.1. The Kier molecular flexibility index (Phi) is 8.83. The zero-order chi connectivity index (χ0) is 29.8. The van der Waals surface area contributed by atoms with Gasteiger partial charge >= 0.3 is 0 Å². The summed E-state index contributed by atoms with van der Waals surface area (Å²) < 4.78 is 5.26. The maximum absolute atomic E-state index is 13.9. The minimum Gasteiger partial charge on any atom is -0.497 e. The molecule has 0 aromatic heterocycles. The predicted octanol–water partition coefficient (Wildman–Crippen LogP) is 7.30. The number of methoxy groups -OCH3 is 1. The minimum atomic E-state index is -0.447. The maximum atomic E-state index is 13.9. The topological polar surface area (TPSA) is 83.0 Å². The third-order valence-corrected chi connectivity index (χ3v) is 8.42. The van der Waals surface area contributed by atoms with E-state index in [0.717, 1.165) is 22.0 Å². The summed E-state index contributed by atoms with van der Waals surface area (Å²) in [4.78, 5) is 34.0. The fraction of sp³-hybridized carbons (Fsp3) is 0.265. The van der Waals surface area contributed by atoms with Gasteiger partial charge in [-0.3, -0.25) is 9.59 Å². The molecule has 3 aromatic carbocycles. The van der Waals surface area contributed by atoms with Gasteiger partial charge in [0.05, 0.1) is 36.9 Å². The first-order valence-corrected chi connectivity index (χ1v) is 15.0. The van der Waals surface area contributed by atoms with Crippen molar-refractivity contribution in [3.05, 3.63) is 118 Å². The summed E-state index contributed by atoms with van der Waals surface area (Å²) in [6, 6.07) is 24.9. The van der Waals surface area contributed by atoms with E-state index in [1.54, 1.807) is 7.11 Å². The zero-order valence-electron chi connectivity index (χ0n) is 24.5. The second kappa shape index (κ2) is 12.7. The van der Waals surface area contributed by atoms with Crippen LogP contribution in [0.25, 0.3) is 0 Å². The third kappa shape index (κ3) is 6.29. The number of benzene rings is 3. The largest absolute Gasteiger partial charge is 0.497 e. The van der Waals surface area contributed by atoms with Crippen LogP contribution in [0.3, 0.4) is 0 Å². The molecule has 8 heteroatoms. The van der Waals surface area contributed by atoms with Crippen molar-refractivity contribution in [1.29, 1.82) is 0 Å². The second-order valence-electron chi connectivity index (χ2n) is 10.8. The van der Waals surface area contributed by atoms with E-state index < -0.39 is 6.04 Å². The summed E-state index contributed by atoms with van der Waals surface area (Å²) >= 11 is 1.48. The van der Waals surface area contributed by atoms with Crippen molar-refractivity contribution in [3.63, 3.8) is 0 Å². The minimum absolute atomic E-state index is 0.0936. The van der Waals surface area contributed by atoms with Gasteiger partial charge < -0.3 is 20.3 Å². The number of aliphatic imine (C=N–C) groups is 1. The van der Waals surface area contributed by atoms with E-state index in [-0.39, 0.29) is 24.3 Å². The molecule has 0 radical (unpaired) electrons. The van der Waals surface area contributed by atoms with Crippen molar-refractivity contribution in [2.45, 2.75) is 52.1 Å². The number of amidine groups is 1. The van der Waals surface area contributed by atoms with Crippen molar-refractivity contribution in [2.75, 3.05) is 12.4 Å². The van der Waals surface area contributed by atoms with Gasteiger partial charge in [-0.15, -0.1) is 0 Å². The van der Waals surface area contributed by atoms with Crippen molar-refractivity contribution in [2.24, 2.45) is 4.99 Å². The van der Waals surface area contributed by atoms with Crippen LogP contribution in [-0.4, -0.2) is 29.0 Å². The number of hydrogen-bond donors (Lipinski definition) is 2. The molecule has 0 bridgehead atoms. The Bertz CT molecular complexity index is 1540. The normalized spacial score (nSPS) is 16.9. The molecule has 3 aromatic rings. The number of nitrogens with one attached hydrogen (secondary N) is 2. The molecule has 2 N–H and O–H groups in total. The molecule has 0 unspecified atom stereocenters. The number of fused-ring (bicyclic) bond motifs is 1. The average molecular weight is 581 g/mol. The van der Waals surface area contributed by atoms with Crippen LogP contribution >= 0.6 is 11.8 Å². The van der Waals surface area contributed by atoms with Crippen LogP contribution in [0.15, 0.2) is 106 Å². The molecule has 5 rings (SSSR count). The van der Waals surface area contributed by atoms with Crippen molar-refractivity contribution >= 4 is 34.4 Å². The molecule has 0 saturated carbocycles. The van der Waals surface area contributed by atoms with E-state index in [1.807, 2.05) is 78.8 Å². The number of anilines is 1. The van der Waals surface area contributed by atoms with Gasteiger partial charge in [-0.05, 0) is 66.1 Å². The smallest absolute Gasteiger partial charge is 0.255 e. The van der Waals surface area contributed by atoms with Gasteiger partial charge in [-0.25, -0.2) is 4.99 Å². The fourth-order valence-electron chi connectivity index (χ4n) is 5.19.